The molecule has 0 saturated heterocycles. The van der Waals surface area contributed by atoms with Crippen LogP contribution in [0.1, 0.15) is 5.82 Å². The highest BCUT2D eigenvalue weighted by molar-refractivity contribution is 5.66. The van der Waals surface area contributed by atoms with Gasteiger partial charge in [-0.15, -0.1) is 0 Å². The summed E-state index contributed by atoms with van der Waals surface area (Å²) in [5, 5.41) is 2.68. The second-order valence-electron chi connectivity index (χ2n) is 3.33. The molecule has 1 aromatic carbocycles. The number of rotatable bonds is 2. The van der Waals surface area contributed by atoms with Gasteiger partial charge in [-0.3, -0.25) is 0 Å². The fourth-order valence-electron chi connectivity index (χ4n) is 1.32. The van der Waals surface area contributed by atoms with E-state index in [2.05, 4.69) is 15.3 Å². The molecular weight excluding hydrogens is 214 g/mol. The van der Waals surface area contributed by atoms with E-state index < -0.39 is 11.6 Å². The molecule has 4 N–H and O–H groups in total. The van der Waals surface area contributed by atoms with Crippen LogP contribution in [0.2, 0.25) is 0 Å². The van der Waals surface area contributed by atoms with E-state index in [1.54, 1.807) is 6.92 Å². The largest absolute Gasteiger partial charge is 0.382 e. The maximum Gasteiger partial charge on any atom is 0.173 e. The van der Waals surface area contributed by atoms with Crippen LogP contribution in [-0.4, -0.2) is 9.97 Å². The van der Waals surface area contributed by atoms with E-state index in [9.17, 15) is 8.78 Å². The van der Waals surface area contributed by atoms with Crippen molar-refractivity contribution in [2.45, 2.75) is 6.92 Å². The number of aryl methyl sites for hydroxylation is 1. The number of nitrogen functional groups attached to an aromatic ring is 1. The number of nitrogens with two attached hydrogens (primary N) is 1. The predicted octanol–water partition coefficient (Wildman–Crippen LogP) is 2.32. The first-order valence-electron chi connectivity index (χ1n) is 4.60. The molecule has 1 aromatic heterocycles. The Morgan fingerprint density at radius 3 is 2.69 bits per heavy atom. The van der Waals surface area contributed by atoms with Crippen LogP contribution in [0.3, 0.4) is 0 Å². The number of halogens is 2. The molecule has 16 heavy (non-hydrogen) atoms. The number of benzene rings is 1. The van der Waals surface area contributed by atoms with Crippen LogP contribution in [0.4, 0.5) is 26.1 Å². The van der Waals surface area contributed by atoms with Crippen LogP contribution in [0.5, 0.6) is 0 Å². The van der Waals surface area contributed by atoms with Gasteiger partial charge in [0.25, 0.3) is 0 Å². The highest BCUT2D eigenvalue weighted by Gasteiger charge is 2.08. The van der Waals surface area contributed by atoms with E-state index in [4.69, 9.17) is 5.73 Å². The van der Waals surface area contributed by atoms with E-state index in [1.807, 2.05) is 0 Å². The fraction of sp³-hybridized carbons (Fsp3) is 0.100. The van der Waals surface area contributed by atoms with Crippen molar-refractivity contribution < 1.29 is 8.78 Å². The molecule has 0 fully saturated rings. The maximum atomic E-state index is 13.3. The van der Waals surface area contributed by atoms with Gasteiger partial charge in [-0.05, 0) is 19.1 Å². The lowest BCUT2D eigenvalue weighted by atomic mass is 10.3. The first-order valence-corrected chi connectivity index (χ1v) is 4.60. The molecule has 0 spiro atoms. The number of hydrogen-bond donors (Lipinski definition) is 3. The molecule has 0 aliphatic heterocycles. The summed E-state index contributed by atoms with van der Waals surface area (Å²) in [6.07, 6.45) is 0. The van der Waals surface area contributed by atoms with E-state index >= 15 is 0 Å². The third-order valence-corrected chi connectivity index (χ3v) is 2.03. The Hall–Kier alpha value is -2.11. The van der Waals surface area contributed by atoms with Crippen molar-refractivity contribution in [3.63, 3.8) is 0 Å². The molecule has 2 aromatic rings. The van der Waals surface area contributed by atoms with Crippen LogP contribution in [0.25, 0.3) is 0 Å². The Morgan fingerprint density at radius 2 is 2.12 bits per heavy atom. The lowest BCUT2D eigenvalue weighted by Gasteiger charge is -2.04. The third-order valence-electron chi connectivity index (χ3n) is 2.03. The summed E-state index contributed by atoms with van der Waals surface area (Å²) in [6.45, 7) is 1.72. The standard InChI is InChI=1S/C10H10F2N4/c1-5-14-9(13)10(15-5)16-8-3-2-6(11)4-7(8)12/h2-4,16H,13H2,1H3,(H,14,15). The lowest BCUT2D eigenvalue weighted by molar-refractivity contribution is 0.586. The molecule has 84 valence electrons. The molecule has 6 heteroatoms. The Balaban J connectivity index is 2.30. The second-order valence-corrected chi connectivity index (χ2v) is 3.33. The van der Waals surface area contributed by atoms with Crippen LogP contribution in [0, 0.1) is 18.6 Å². The van der Waals surface area contributed by atoms with Gasteiger partial charge in [-0.25, -0.2) is 13.8 Å². The summed E-state index contributed by atoms with van der Waals surface area (Å²) in [7, 11) is 0. The van der Waals surface area contributed by atoms with Crippen LogP contribution in [0.15, 0.2) is 18.2 Å². The Morgan fingerprint density at radius 1 is 1.38 bits per heavy atom. The molecule has 0 atom stereocenters. The normalized spacial score (nSPS) is 10.4. The van der Waals surface area contributed by atoms with E-state index in [0.717, 1.165) is 12.1 Å². The second kappa shape index (κ2) is 3.80. The highest BCUT2D eigenvalue weighted by Crippen LogP contribution is 2.23. The van der Waals surface area contributed by atoms with Crippen LogP contribution < -0.4 is 11.1 Å². The van der Waals surface area contributed by atoms with Crippen molar-refractivity contribution in [1.82, 2.24) is 9.97 Å². The smallest absolute Gasteiger partial charge is 0.173 e. The van der Waals surface area contributed by atoms with E-state index in [1.165, 1.54) is 6.07 Å². The highest BCUT2D eigenvalue weighted by atomic mass is 19.1. The number of anilines is 3. The van der Waals surface area contributed by atoms with Gasteiger partial charge < -0.3 is 16.0 Å². The van der Waals surface area contributed by atoms with Crippen molar-refractivity contribution in [2.75, 3.05) is 11.1 Å². The Labute approximate surface area is 90.5 Å². The van der Waals surface area contributed by atoms with Gasteiger partial charge in [0.2, 0.25) is 0 Å². The number of imidazole rings is 1. The first kappa shape index (κ1) is 10.4. The molecular formula is C10H10F2N4. The van der Waals surface area contributed by atoms with Gasteiger partial charge in [-0.1, -0.05) is 0 Å². The SMILES string of the molecule is Cc1nc(Nc2ccc(F)cc2F)c(N)[nH]1. The number of nitrogens with zero attached hydrogens (tertiary/aromatic N) is 1. The molecule has 1 heterocycles. The zero-order valence-electron chi connectivity index (χ0n) is 8.51. The summed E-state index contributed by atoms with van der Waals surface area (Å²) in [6, 6.07) is 3.23. The topological polar surface area (TPSA) is 66.7 Å². The molecule has 0 saturated carbocycles. The summed E-state index contributed by atoms with van der Waals surface area (Å²) in [5.74, 6) is -0.0824. The van der Waals surface area contributed by atoms with Gasteiger partial charge in [0.15, 0.2) is 5.82 Å². The van der Waals surface area contributed by atoms with Crippen molar-refractivity contribution in [2.24, 2.45) is 0 Å². The number of nitrogens with one attached hydrogen (secondary N) is 2. The van der Waals surface area contributed by atoms with Gasteiger partial charge in [0.1, 0.15) is 23.3 Å². The molecule has 0 bridgehead atoms. The molecule has 0 unspecified atom stereocenters. The quantitative estimate of drug-likeness (QED) is 0.733. The number of aromatic nitrogens is 2. The maximum absolute atomic E-state index is 13.3. The molecule has 0 aliphatic carbocycles. The average Bonchev–Trinajstić information content (AvgIpc) is 2.50. The molecule has 0 amide bonds. The van der Waals surface area contributed by atoms with Gasteiger partial charge in [-0.2, -0.15) is 0 Å². The Bertz CT molecular complexity index is 522. The van der Waals surface area contributed by atoms with E-state index in [0.29, 0.717) is 17.5 Å². The molecule has 0 aliphatic rings. The first-order chi connectivity index (χ1) is 7.56. The summed E-state index contributed by atoms with van der Waals surface area (Å²) < 4.78 is 25.9. The van der Waals surface area contributed by atoms with Crippen LogP contribution >= 0.6 is 0 Å². The van der Waals surface area contributed by atoms with Crippen molar-refractivity contribution in [3.8, 4) is 0 Å². The number of hydrogen-bond acceptors (Lipinski definition) is 3. The third kappa shape index (κ3) is 1.95. The van der Waals surface area contributed by atoms with Gasteiger partial charge in [0.05, 0.1) is 5.69 Å². The fourth-order valence-corrected chi connectivity index (χ4v) is 1.32. The minimum atomic E-state index is -0.694. The number of H-pyrrole nitrogens is 1. The van der Waals surface area contributed by atoms with Crippen molar-refractivity contribution in [3.05, 3.63) is 35.7 Å². The minimum Gasteiger partial charge on any atom is -0.382 e. The summed E-state index contributed by atoms with van der Waals surface area (Å²) in [4.78, 5) is 6.78. The lowest BCUT2D eigenvalue weighted by Crippen LogP contribution is -1.98. The minimum absolute atomic E-state index is 0.125. The monoisotopic (exact) mass is 224 g/mol. The predicted molar refractivity (Wildman–Crippen MR) is 57.4 cm³/mol. The van der Waals surface area contributed by atoms with Crippen LogP contribution in [-0.2, 0) is 0 Å². The van der Waals surface area contributed by atoms with Gasteiger partial charge in [0, 0.05) is 6.07 Å². The Kier molecular flexibility index (Phi) is 2.47. The van der Waals surface area contributed by atoms with E-state index in [-0.39, 0.29) is 5.69 Å². The van der Waals surface area contributed by atoms with Crippen molar-refractivity contribution in [1.29, 1.82) is 0 Å². The summed E-state index contributed by atoms with van der Waals surface area (Å²) in [5.41, 5.74) is 5.72. The molecule has 4 nitrogen and oxygen atoms in total. The molecule has 0 radical (unpaired) electrons. The van der Waals surface area contributed by atoms with Crippen molar-refractivity contribution >= 4 is 17.3 Å². The summed E-state index contributed by atoms with van der Waals surface area (Å²) >= 11 is 0. The average molecular weight is 224 g/mol. The zero-order valence-corrected chi connectivity index (χ0v) is 8.51. The van der Waals surface area contributed by atoms with Gasteiger partial charge >= 0.3 is 0 Å². The zero-order chi connectivity index (χ0) is 11.7. The molecule has 2 rings (SSSR count). The number of aromatic amines is 1.